The topological polar surface area (TPSA) is 70.2 Å². The lowest BCUT2D eigenvalue weighted by Gasteiger charge is -2.10. The number of aromatic nitrogens is 2. The van der Waals surface area contributed by atoms with Gasteiger partial charge in [0.25, 0.3) is 5.91 Å². The van der Waals surface area contributed by atoms with Crippen LogP contribution < -0.4 is 10.6 Å². The number of amides is 1. The first kappa shape index (κ1) is 17.8. The number of rotatable bonds is 8. The molecule has 0 aliphatic carbocycles. The van der Waals surface area contributed by atoms with Gasteiger partial charge in [-0.15, -0.1) is 10.2 Å². The van der Waals surface area contributed by atoms with Crippen LogP contribution in [0.5, 0.6) is 0 Å². The van der Waals surface area contributed by atoms with Gasteiger partial charge in [0.1, 0.15) is 11.6 Å². The summed E-state index contributed by atoms with van der Waals surface area (Å²) in [4.78, 5) is 13.9. The van der Waals surface area contributed by atoms with Crippen molar-refractivity contribution in [1.29, 1.82) is 0 Å². The molecule has 0 aliphatic heterocycles. The van der Waals surface area contributed by atoms with Gasteiger partial charge in [-0.1, -0.05) is 18.2 Å². The number of hydrogen-bond acceptors (Lipinski definition) is 5. The number of nitrogens with zero attached hydrogens (tertiary/aromatic N) is 3. The van der Waals surface area contributed by atoms with Gasteiger partial charge in [0, 0.05) is 19.6 Å². The number of likely N-dealkylation sites (N-methyl/N-ethyl adjacent to an activating group) is 1. The number of hydrogen-bond donors (Lipinski definition) is 2. The molecule has 1 aromatic carbocycles. The Bertz CT molecular complexity index is 660. The number of carbonyl (C=O) groups is 1. The Morgan fingerprint density at radius 2 is 1.92 bits per heavy atom. The van der Waals surface area contributed by atoms with Crippen molar-refractivity contribution in [2.45, 2.75) is 6.42 Å². The molecule has 128 valence electrons. The summed E-state index contributed by atoms with van der Waals surface area (Å²) in [6, 6.07) is 9.98. The van der Waals surface area contributed by atoms with E-state index < -0.39 is 0 Å². The molecule has 2 rings (SSSR count). The lowest BCUT2D eigenvalue weighted by atomic mass is 10.1. The maximum absolute atomic E-state index is 13.5. The van der Waals surface area contributed by atoms with Crippen LogP contribution in [0.4, 0.5) is 10.2 Å². The van der Waals surface area contributed by atoms with Gasteiger partial charge in [-0.2, -0.15) is 0 Å². The van der Waals surface area contributed by atoms with Crippen LogP contribution in [-0.2, 0) is 6.42 Å². The highest BCUT2D eigenvalue weighted by Gasteiger charge is 2.08. The van der Waals surface area contributed by atoms with Crippen LogP contribution in [0.25, 0.3) is 0 Å². The van der Waals surface area contributed by atoms with E-state index in [0.29, 0.717) is 30.9 Å². The molecule has 0 radical (unpaired) electrons. The van der Waals surface area contributed by atoms with Gasteiger partial charge in [-0.25, -0.2) is 4.39 Å². The van der Waals surface area contributed by atoms with Crippen LogP contribution in [0, 0.1) is 5.82 Å². The van der Waals surface area contributed by atoms with E-state index in [-0.39, 0.29) is 17.4 Å². The molecule has 1 aromatic heterocycles. The first-order valence-electron chi connectivity index (χ1n) is 7.80. The first-order valence-corrected chi connectivity index (χ1v) is 7.80. The summed E-state index contributed by atoms with van der Waals surface area (Å²) >= 11 is 0. The molecular formula is C17H22FN5O. The second kappa shape index (κ2) is 8.93. The van der Waals surface area contributed by atoms with E-state index in [0.717, 1.165) is 6.54 Å². The molecule has 0 atom stereocenters. The minimum Gasteiger partial charge on any atom is -0.368 e. The summed E-state index contributed by atoms with van der Waals surface area (Å²) in [7, 11) is 3.88. The smallest absolute Gasteiger partial charge is 0.271 e. The van der Waals surface area contributed by atoms with Crippen molar-refractivity contribution in [3.05, 3.63) is 53.5 Å². The van der Waals surface area contributed by atoms with Gasteiger partial charge in [0.05, 0.1) is 0 Å². The lowest BCUT2D eigenvalue weighted by Crippen LogP contribution is -2.31. The van der Waals surface area contributed by atoms with E-state index in [1.54, 1.807) is 24.3 Å². The summed E-state index contributed by atoms with van der Waals surface area (Å²) in [5, 5.41) is 13.7. The van der Waals surface area contributed by atoms with E-state index in [1.807, 2.05) is 25.1 Å². The summed E-state index contributed by atoms with van der Waals surface area (Å²) in [5.41, 5.74) is 0.920. The Labute approximate surface area is 141 Å². The summed E-state index contributed by atoms with van der Waals surface area (Å²) in [6.07, 6.45) is 0.543. The third kappa shape index (κ3) is 5.58. The zero-order chi connectivity index (χ0) is 17.4. The Kier molecular flexibility index (Phi) is 6.62. The van der Waals surface area contributed by atoms with Crippen LogP contribution in [0.1, 0.15) is 16.1 Å². The van der Waals surface area contributed by atoms with E-state index >= 15 is 0 Å². The van der Waals surface area contributed by atoms with Gasteiger partial charge >= 0.3 is 0 Å². The Morgan fingerprint density at radius 1 is 1.12 bits per heavy atom. The Hall–Kier alpha value is -2.54. The molecule has 0 saturated carbocycles. The fourth-order valence-corrected chi connectivity index (χ4v) is 2.06. The Morgan fingerprint density at radius 3 is 2.58 bits per heavy atom. The van der Waals surface area contributed by atoms with Crippen LogP contribution >= 0.6 is 0 Å². The predicted octanol–water partition coefficient (Wildman–Crippen LogP) is 1.56. The van der Waals surface area contributed by atoms with Crippen LogP contribution in [-0.4, -0.2) is 54.7 Å². The zero-order valence-electron chi connectivity index (χ0n) is 13.9. The average molecular weight is 331 g/mol. The third-order valence-corrected chi connectivity index (χ3v) is 3.40. The predicted molar refractivity (Wildman–Crippen MR) is 91.5 cm³/mol. The molecule has 7 heteroatoms. The molecule has 24 heavy (non-hydrogen) atoms. The van der Waals surface area contributed by atoms with E-state index in [4.69, 9.17) is 0 Å². The monoisotopic (exact) mass is 331 g/mol. The van der Waals surface area contributed by atoms with E-state index in [2.05, 4.69) is 20.8 Å². The van der Waals surface area contributed by atoms with Crippen molar-refractivity contribution in [3.8, 4) is 0 Å². The van der Waals surface area contributed by atoms with Crippen molar-refractivity contribution >= 4 is 11.7 Å². The van der Waals surface area contributed by atoms with Crippen LogP contribution in [0.15, 0.2) is 36.4 Å². The quantitative estimate of drug-likeness (QED) is 0.768. The summed E-state index contributed by atoms with van der Waals surface area (Å²) in [5.74, 6) is 0.0913. The molecule has 2 aromatic rings. The number of benzene rings is 1. The van der Waals surface area contributed by atoms with E-state index in [1.165, 1.54) is 6.07 Å². The zero-order valence-corrected chi connectivity index (χ0v) is 13.9. The second-order valence-electron chi connectivity index (χ2n) is 5.63. The number of anilines is 1. The van der Waals surface area contributed by atoms with Crippen LogP contribution in [0.2, 0.25) is 0 Å². The maximum atomic E-state index is 13.5. The molecule has 0 spiro atoms. The number of nitrogens with one attached hydrogen (secondary N) is 2. The third-order valence-electron chi connectivity index (χ3n) is 3.40. The van der Waals surface area contributed by atoms with Crippen LogP contribution in [0.3, 0.4) is 0 Å². The first-order chi connectivity index (χ1) is 11.6. The van der Waals surface area contributed by atoms with E-state index in [9.17, 15) is 9.18 Å². The molecular weight excluding hydrogens is 309 g/mol. The fourth-order valence-electron chi connectivity index (χ4n) is 2.06. The average Bonchev–Trinajstić information content (AvgIpc) is 2.57. The van der Waals surface area contributed by atoms with Gasteiger partial charge in [-0.3, -0.25) is 4.79 Å². The Balaban J connectivity index is 1.79. The van der Waals surface area contributed by atoms with Gasteiger partial charge in [-0.05, 0) is 44.3 Å². The highest BCUT2D eigenvalue weighted by Crippen LogP contribution is 2.08. The molecule has 0 aliphatic rings. The molecule has 0 saturated heterocycles. The van der Waals surface area contributed by atoms with Crippen molar-refractivity contribution in [1.82, 2.24) is 20.4 Å². The fraction of sp³-hybridized carbons (Fsp3) is 0.353. The molecule has 1 amide bonds. The second-order valence-corrected chi connectivity index (χ2v) is 5.63. The molecule has 0 unspecified atom stereocenters. The van der Waals surface area contributed by atoms with Crippen molar-refractivity contribution < 1.29 is 9.18 Å². The van der Waals surface area contributed by atoms with Gasteiger partial charge in [0.2, 0.25) is 0 Å². The van der Waals surface area contributed by atoms with Crippen molar-refractivity contribution in [2.24, 2.45) is 0 Å². The standard InChI is InChI=1S/C17H22FN5O/c1-23(2)12-11-20-17(24)15-7-8-16(22-21-15)19-10-9-13-5-3-4-6-14(13)18/h3-8H,9-12H2,1-2H3,(H,19,22)(H,20,24). The minimum atomic E-state index is -0.248. The number of carbonyl (C=O) groups excluding carboxylic acids is 1. The van der Waals surface area contributed by atoms with Gasteiger partial charge < -0.3 is 15.5 Å². The highest BCUT2D eigenvalue weighted by molar-refractivity contribution is 5.92. The molecule has 1 heterocycles. The highest BCUT2D eigenvalue weighted by atomic mass is 19.1. The molecule has 2 N–H and O–H groups in total. The largest absolute Gasteiger partial charge is 0.368 e. The molecule has 6 nitrogen and oxygen atoms in total. The summed E-state index contributed by atoms with van der Waals surface area (Å²) < 4.78 is 13.5. The van der Waals surface area contributed by atoms with Gasteiger partial charge in [0.15, 0.2) is 5.69 Å². The minimum absolute atomic E-state index is 0.213. The SMILES string of the molecule is CN(C)CCNC(=O)c1ccc(NCCc2ccccc2F)nn1. The lowest BCUT2D eigenvalue weighted by molar-refractivity contribution is 0.0945. The maximum Gasteiger partial charge on any atom is 0.271 e. The normalized spacial score (nSPS) is 10.7. The summed E-state index contributed by atoms with van der Waals surface area (Å²) in [6.45, 7) is 1.84. The molecule has 0 fully saturated rings. The van der Waals surface area contributed by atoms with Crippen molar-refractivity contribution in [2.75, 3.05) is 39.0 Å². The molecule has 0 bridgehead atoms. The number of halogens is 1. The van der Waals surface area contributed by atoms with Crippen molar-refractivity contribution in [3.63, 3.8) is 0 Å².